The van der Waals surface area contributed by atoms with E-state index in [1.54, 1.807) is 12.1 Å². The van der Waals surface area contributed by atoms with E-state index < -0.39 is 0 Å². The van der Waals surface area contributed by atoms with Crippen LogP contribution in [-0.2, 0) is 16.0 Å². The first-order valence-corrected chi connectivity index (χ1v) is 8.85. The number of nitrogens with zero attached hydrogens (tertiary/aromatic N) is 2. The van der Waals surface area contributed by atoms with Crippen molar-refractivity contribution in [2.75, 3.05) is 19.8 Å². The molecule has 1 aromatic heterocycles. The van der Waals surface area contributed by atoms with E-state index >= 15 is 0 Å². The molecule has 0 fully saturated rings. The van der Waals surface area contributed by atoms with Crippen LogP contribution >= 0.6 is 11.6 Å². The summed E-state index contributed by atoms with van der Waals surface area (Å²) in [7, 11) is 0. The van der Waals surface area contributed by atoms with Crippen LogP contribution < -0.4 is 5.32 Å². The quantitative estimate of drug-likeness (QED) is 0.652. The van der Waals surface area contributed by atoms with E-state index in [-0.39, 0.29) is 5.91 Å². The number of hydrogen-bond donors (Lipinski definition) is 1. The van der Waals surface area contributed by atoms with Crippen LogP contribution in [0.1, 0.15) is 32.6 Å². The minimum Gasteiger partial charge on any atom is -0.381 e. The van der Waals surface area contributed by atoms with Crippen molar-refractivity contribution in [3.05, 3.63) is 35.2 Å². The average molecular weight is 366 g/mol. The molecule has 136 valence electrons. The summed E-state index contributed by atoms with van der Waals surface area (Å²) in [6, 6.07) is 7.19. The Labute approximate surface area is 152 Å². The Morgan fingerprint density at radius 1 is 1.32 bits per heavy atom. The maximum atomic E-state index is 11.8. The molecule has 0 saturated carbocycles. The van der Waals surface area contributed by atoms with Crippen LogP contribution in [0.4, 0.5) is 0 Å². The van der Waals surface area contributed by atoms with Gasteiger partial charge in [0.25, 0.3) is 0 Å². The summed E-state index contributed by atoms with van der Waals surface area (Å²) in [4.78, 5) is 16.1. The lowest BCUT2D eigenvalue weighted by Gasteiger charge is -2.07. The molecule has 1 aromatic carbocycles. The number of hydrogen-bond acceptors (Lipinski definition) is 5. The smallest absolute Gasteiger partial charge is 0.227 e. The van der Waals surface area contributed by atoms with E-state index in [1.807, 2.05) is 12.1 Å². The summed E-state index contributed by atoms with van der Waals surface area (Å²) in [6.07, 6.45) is 1.53. The molecule has 0 radical (unpaired) electrons. The molecule has 25 heavy (non-hydrogen) atoms. The number of amides is 1. The van der Waals surface area contributed by atoms with Gasteiger partial charge < -0.3 is 14.6 Å². The lowest BCUT2D eigenvalue weighted by Crippen LogP contribution is -2.25. The lowest BCUT2D eigenvalue weighted by atomic mass is 10.2. The molecular weight excluding hydrogens is 342 g/mol. The number of halogens is 1. The van der Waals surface area contributed by atoms with Gasteiger partial charge in [0.05, 0.1) is 0 Å². The monoisotopic (exact) mass is 365 g/mol. The van der Waals surface area contributed by atoms with E-state index in [1.165, 1.54) is 0 Å². The Hall–Kier alpha value is -1.92. The third-order valence-corrected chi connectivity index (χ3v) is 3.63. The summed E-state index contributed by atoms with van der Waals surface area (Å²) in [5, 5.41) is 7.44. The van der Waals surface area contributed by atoms with Gasteiger partial charge in [-0.1, -0.05) is 30.6 Å². The van der Waals surface area contributed by atoms with E-state index in [4.69, 9.17) is 20.9 Å². The number of benzene rings is 1. The van der Waals surface area contributed by atoms with Gasteiger partial charge in [-0.25, -0.2) is 0 Å². The summed E-state index contributed by atoms with van der Waals surface area (Å²) in [6.45, 7) is 6.24. The molecule has 0 unspecified atom stereocenters. The maximum absolute atomic E-state index is 11.8. The third kappa shape index (κ3) is 7.23. The second kappa shape index (κ2) is 10.2. The zero-order chi connectivity index (χ0) is 18.1. The lowest BCUT2D eigenvalue weighted by molar-refractivity contribution is -0.121. The van der Waals surface area contributed by atoms with Gasteiger partial charge in [0.2, 0.25) is 17.6 Å². The van der Waals surface area contributed by atoms with Crippen LogP contribution in [0.2, 0.25) is 5.02 Å². The molecule has 7 heteroatoms. The van der Waals surface area contributed by atoms with Crippen molar-refractivity contribution in [1.82, 2.24) is 15.5 Å². The highest BCUT2D eigenvalue weighted by molar-refractivity contribution is 6.30. The molecule has 0 atom stereocenters. The SMILES string of the molecule is CC(C)COCCCNC(=O)CCc1nc(-c2ccc(Cl)cc2)no1. The first-order valence-electron chi connectivity index (χ1n) is 8.47. The predicted octanol–water partition coefficient (Wildman–Crippen LogP) is 3.50. The Morgan fingerprint density at radius 3 is 2.80 bits per heavy atom. The number of ether oxygens (including phenoxy) is 1. The van der Waals surface area contributed by atoms with Gasteiger partial charge in [0.15, 0.2) is 0 Å². The first kappa shape index (κ1) is 19.4. The third-order valence-electron chi connectivity index (χ3n) is 3.38. The standard InChI is InChI=1S/C18H24ClN3O3/c1-13(2)12-24-11-3-10-20-16(23)8-9-17-21-18(22-25-17)14-4-6-15(19)7-5-14/h4-7,13H,3,8-12H2,1-2H3,(H,20,23). The van der Waals surface area contributed by atoms with Gasteiger partial charge in [-0.2, -0.15) is 4.98 Å². The zero-order valence-electron chi connectivity index (χ0n) is 14.6. The zero-order valence-corrected chi connectivity index (χ0v) is 15.4. The normalized spacial score (nSPS) is 11.0. The Bertz CT molecular complexity index is 656. The average Bonchev–Trinajstić information content (AvgIpc) is 3.05. The molecule has 6 nitrogen and oxygen atoms in total. The van der Waals surface area contributed by atoms with E-state index in [9.17, 15) is 4.79 Å². The number of aromatic nitrogens is 2. The molecular formula is C18H24ClN3O3. The summed E-state index contributed by atoms with van der Waals surface area (Å²) < 4.78 is 10.7. The van der Waals surface area contributed by atoms with Crippen molar-refractivity contribution in [1.29, 1.82) is 0 Å². The summed E-state index contributed by atoms with van der Waals surface area (Å²) in [5.74, 6) is 1.44. The van der Waals surface area contributed by atoms with Crippen molar-refractivity contribution in [2.45, 2.75) is 33.1 Å². The fourth-order valence-electron chi connectivity index (χ4n) is 2.10. The maximum Gasteiger partial charge on any atom is 0.227 e. The molecule has 1 heterocycles. The van der Waals surface area contributed by atoms with Crippen molar-refractivity contribution < 1.29 is 14.1 Å². The fraction of sp³-hybridized carbons (Fsp3) is 0.500. The second-order valence-electron chi connectivity index (χ2n) is 6.19. The molecule has 2 rings (SSSR count). The minimum absolute atomic E-state index is 0.0323. The Morgan fingerprint density at radius 2 is 2.08 bits per heavy atom. The number of rotatable bonds is 10. The number of aryl methyl sites for hydroxylation is 1. The van der Waals surface area contributed by atoms with Crippen molar-refractivity contribution in [3.8, 4) is 11.4 Å². The Balaban J connectivity index is 1.66. The van der Waals surface area contributed by atoms with Crippen LogP contribution in [0.25, 0.3) is 11.4 Å². The molecule has 1 amide bonds. The highest BCUT2D eigenvalue weighted by atomic mass is 35.5. The van der Waals surface area contributed by atoms with Crippen molar-refractivity contribution in [3.63, 3.8) is 0 Å². The van der Waals surface area contributed by atoms with E-state index in [0.29, 0.717) is 48.6 Å². The van der Waals surface area contributed by atoms with Crippen LogP contribution in [0.15, 0.2) is 28.8 Å². The van der Waals surface area contributed by atoms with Crippen LogP contribution in [-0.4, -0.2) is 35.8 Å². The van der Waals surface area contributed by atoms with Crippen molar-refractivity contribution >= 4 is 17.5 Å². The van der Waals surface area contributed by atoms with E-state index in [0.717, 1.165) is 18.6 Å². The molecule has 0 aliphatic rings. The van der Waals surface area contributed by atoms with Gasteiger partial charge in [0.1, 0.15) is 0 Å². The number of nitrogens with one attached hydrogen (secondary N) is 1. The molecule has 2 aromatic rings. The van der Waals surface area contributed by atoms with Crippen LogP contribution in [0.3, 0.4) is 0 Å². The fourth-order valence-corrected chi connectivity index (χ4v) is 2.23. The largest absolute Gasteiger partial charge is 0.381 e. The van der Waals surface area contributed by atoms with E-state index in [2.05, 4.69) is 29.3 Å². The molecule has 0 aliphatic carbocycles. The highest BCUT2D eigenvalue weighted by Gasteiger charge is 2.10. The topological polar surface area (TPSA) is 77.2 Å². The van der Waals surface area contributed by atoms with Gasteiger partial charge in [-0.3, -0.25) is 4.79 Å². The first-order chi connectivity index (χ1) is 12.0. The second-order valence-corrected chi connectivity index (χ2v) is 6.63. The van der Waals surface area contributed by atoms with Gasteiger partial charge in [0, 0.05) is 43.2 Å². The van der Waals surface area contributed by atoms with Crippen LogP contribution in [0.5, 0.6) is 0 Å². The van der Waals surface area contributed by atoms with Crippen LogP contribution in [0, 0.1) is 5.92 Å². The Kier molecular flexibility index (Phi) is 7.88. The van der Waals surface area contributed by atoms with Gasteiger partial charge in [-0.15, -0.1) is 0 Å². The molecule has 0 spiro atoms. The van der Waals surface area contributed by atoms with Gasteiger partial charge >= 0.3 is 0 Å². The van der Waals surface area contributed by atoms with Gasteiger partial charge in [-0.05, 0) is 36.6 Å². The number of carbonyl (C=O) groups excluding carboxylic acids is 1. The molecule has 0 saturated heterocycles. The highest BCUT2D eigenvalue weighted by Crippen LogP contribution is 2.18. The minimum atomic E-state index is -0.0323. The predicted molar refractivity (Wildman–Crippen MR) is 96.3 cm³/mol. The number of carbonyl (C=O) groups is 1. The molecule has 0 aliphatic heterocycles. The molecule has 0 bridgehead atoms. The molecule has 1 N–H and O–H groups in total. The summed E-state index contributed by atoms with van der Waals surface area (Å²) in [5.41, 5.74) is 0.824. The summed E-state index contributed by atoms with van der Waals surface area (Å²) >= 11 is 5.86. The van der Waals surface area contributed by atoms with Crippen molar-refractivity contribution in [2.24, 2.45) is 5.92 Å².